The molecular weight excluding hydrogens is 368 g/mol. The number of rotatable bonds is 7. The van der Waals surface area contributed by atoms with Crippen LogP contribution in [0, 0.1) is 6.92 Å². The lowest BCUT2D eigenvalue weighted by Gasteiger charge is -2.21. The van der Waals surface area contributed by atoms with Crippen molar-refractivity contribution in [3.8, 4) is 0 Å². The van der Waals surface area contributed by atoms with Crippen molar-refractivity contribution < 1.29 is 13.2 Å². The number of carbonyl (C=O) groups excluding carboxylic acids is 1. The Hall–Kier alpha value is -1.41. The summed E-state index contributed by atoms with van der Waals surface area (Å²) in [5, 5.41) is 0. The van der Waals surface area contributed by atoms with Crippen LogP contribution in [0.3, 0.4) is 0 Å². The van der Waals surface area contributed by atoms with E-state index in [2.05, 4.69) is 4.72 Å². The first-order valence-electron chi connectivity index (χ1n) is 7.34. The first kappa shape index (κ1) is 18.9. The predicted molar refractivity (Wildman–Crippen MR) is 96.8 cm³/mol. The van der Waals surface area contributed by atoms with Gasteiger partial charge < -0.3 is 4.90 Å². The van der Waals surface area contributed by atoms with Gasteiger partial charge in [0.25, 0.3) is 0 Å². The Morgan fingerprint density at radius 2 is 1.88 bits per heavy atom. The van der Waals surface area contributed by atoms with E-state index >= 15 is 0 Å². The van der Waals surface area contributed by atoms with E-state index in [1.54, 1.807) is 11.0 Å². The van der Waals surface area contributed by atoms with Crippen molar-refractivity contribution in [3.05, 3.63) is 51.9 Å². The maximum atomic E-state index is 12.1. The lowest BCUT2D eigenvalue weighted by atomic mass is 10.1. The van der Waals surface area contributed by atoms with Crippen LogP contribution in [0.25, 0.3) is 0 Å². The molecule has 1 N–H and O–H groups in total. The number of benzene rings is 1. The zero-order valence-corrected chi connectivity index (χ0v) is 15.8. The monoisotopic (exact) mass is 386 g/mol. The Morgan fingerprint density at radius 3 is 2.42 bits per heavy atom. The predicted octanol–water partition coefficient (Wildman–Crippen LogP) is 3.04. The van der Waals surface area contributed by atoms with Crippen LogP contribution >= 0.6 is 22.9 Å². The zero-order valence-electron chi connectivity index (χ0n) is 13.5. The molecule has 0 spiro atoms. The van der Waals surface area contributed by atoms with Crippen molar-refractivity contribution in [3.63, 3.8) is 0 Å². The topological polar surface area (TPSA) is 66.5 Å². The Kier molecular flexibility index (Phi) is 6.40. The maximum Gasteiger partial charge on any atom is 0.250 e. The number of carbonyl (C=O) groups is 1. The minimum absolute atomic E-state index is 0.103. The van der Waals surface area contributed by atoms with Crippen LogP contribution in [-0.2, 0) is 21.4 Å². The van der Waals surface area contributed by atoms with E-state index in [0.29, 0.717) is 17.4 Å². The fraction of sp³-hybridized carbons (Fsp3) is 0.312. The molecule has 0 radical (unpaired) electrons. The van der Waals surface area contributed by atoms with Gasteiger partial charge in [-0.05, 0) is 24.6 Å². The second-order valence-corrected chi connectivity index (χ2v) is 9.09. The number of thiophene rings is 1. The standard InChI is InChI=1S/C16H19ClN2O3S2/c1-12-3-5-14(6-4-12)11-19(13(2)20)10-9-18-24(21,22)16-8-7-15(17)23-16/h3-8,18H,9-11H2,1-2H3. The Morgan fingerprint density at radius 1 is 1.21 bits per heavy atom. The Balaban J connectivity index is 1.94. The van der Waals surface area contributed by atoms with Crippen LogP contribution < -0.4 is 4.72 Å². The molecule has 0 aliphatic rings. The molecule has 0 saturated carbocycles. The first-order chi connectivity index (χ1) is 11.3. The summed E-state index contributed by atoms with van der Waals surface area (Å²) in [5.74, 6) is -0.103. The zero-order chi connectivity index (χ0) is 17.7. The van der Waals surface area contributed by atoms with Crippen molar-refractivity contribution in [1.29, 1.82) is 0 Å². The maximum absolute atomic E-state index is 12.1. The largest absolute Gasteiger partial charge is 0.337 e. The molecule has 1 amide bonds. The average molecular weight is 387 g/mol. The molecule has 0 aliphatic heterocycles. The van der Waals surface area contributed by atoms with Gasteiger partial charge in [-0.15, -0.1) is 11.3 Å². The molecule has 2 rings (SSSR count). The summed E-state index contributed by atoms with van der Waals surface area (Å²) in [5.41, 5.74) is 2.15. The number of halogens is 1. The van der Waals surface area contributed by atoms with Gasteiger partial charge in [0.15, 0.2) is 0 Å². The van der Waals surface area contributed by atoms with Crippen molar-refractivity contribution in [2.45, 2.75) is 24.6 Å². The van der Waals surface area contributed by atoms with E-state index in [-0.39, 0.29) is 16.7 Å². The van der Waals surface area contributed by atoms with Gasteiger partial charge in [0.05, 0.1) is 4.34 Å². The summed E-state index contributed by atoms with van der Waals surface area (Å²) < 4.78 is 27.3. The fourth-order valence-corrected chi connectivity index (χ4v) is 4.64. The van der Waals surface area contributed by atoms with Gasteiger partial charge in [-0.25, -0.2) is 13.1 Å². The average Bonchev–Trinajstić information content (AvgIpc) is 2.95. The van der Waals surface area contributed by atoms with E-state index in [9.17, 15) is 13.2 Å². The Labute approximate surface area is 151 Å². The number of aryl methyl sites for hydroxylation is 1. The highest BCUT2D eigenvalue weighted by Gasteiger charge is 2.17. The minimum Gasteiger partial charge on any atom is -0.337 e. The van der Waals surface area contributed by atoms with E-state index in [1.807, 2.05) is 31.2 Å². The van der Waals surface area contributed by atoms with Crippen LogP contribution in [0.4, 0.5) is 0 Å². The molecule has 0 atom stereocenters. The molecule has 0 bridgehead atoms. The number of hydrogen-bond donors (Lipinski definition) is 1. The second-order valence-electron chi connectivity index (χ2n) is 5.38. The van der Waals surface area contributed by atoms with Crippen LogP contribution in [0.2, 0.25) is 4.34 Å². The number of nitrogens with zero attached hydrogens (tertiary/aromatic N) is 1. The molecule has 130 valence electrons. The summed E-state index contributed by atoms with van der Waals surface area (Å²) in [6.45, 7) is 4.35. The summed E-state index contributed by atoms with van der Waals surface area (Å²) in [7, 11) is -3.59. The number of hydrogen-bond acceptors (Lipinski definition) is 4. The highest BCUT2D eigenvalue weighted by molar-refractivity contribution is 7.91. The number of nitrogens with one attached hydrogen (secondary N) is 1. The summed E-state index contributed by atoms with van der Waals surface area (Å²) >= 11 is 6.77. The quantitative estimate of drug-likeness (QED) is 0.795. The molecule has 0 fully saturated rings. The van der Waals surface area contributed by atoms with Gasteiger partial charge in [0.1, 0.15) is 4.21 Å². The van der Waals surface area contributed by atoms with E-state index < -0.39 is 10.0 Å². The number of amides is 1. The molecule has 1 aromatic carbocycles. The second kappa shape index (κ2) is 8.11. The van der Waals surface area contributed by atoms with Gasteiger partial charge in [-0.1, -0.05) is 41.4 Å². The third-order valence-electron chi connectivity index (χ3n) is 3.43. The van der Waals surface area contributed by atoms with E-state index in [0.717, 1.165) is 22.5 Å². The van der Waals surface area contributed by atoms with Crippen molar-refractivity contribution >= 4 is 38.9 Å². The summed E-state index contributed by atoms with van der Waals surface area (Å²) in [6, 6.07) is 10.9. The lowest BCUT2D eigenvalue weighted by molar-refractivity contribution is -0.129. The van der Waals surface area contributed by atoms with Gasteiger partial charge in [-0.3, -0.25) is 4.79 Å². The molecule has 0 saturated heterocycles. The van der Waals surface area contributed by atoms with Crippen molar-refractivity contribution in [1.82, 2.24) is 9.62 Å². The third-order valence-corrected chi connectivity index (χ3v) is 6.61. The lowest BCUT2D eigenvalue weighted by Crippen LogP contribution is -2.36. The van der Waals surface area contributed by atoms with Gasteiger partial charge in [-0.2, -0.15) is 0 Å². The molecule has 8 heteroatoms. The van der Waals surface area contributed by atoms with Crippen molar-refractivity contribution in [2.75, 3.05) is 13.1 Å². The SMILES string of the molecule is CC(=O)N(CCNS(=O)(=O)c1ccc(Cl)s1)Cc1ccc(C)cc1. The molecule has 0 aliphatic carbocycles. The van der Waals surface area contributed by atoms with Crippen LogP contribution in [0.15, 0.2) is 40.6 Å². The summed E-state index contributed by atoms with van der Waals surface area (Å²) in [4.78, 5) is 13.4. The van der Waals surface area contributed by atoms with Gasteiger partial charge in [0, 0.05) is 26.6 Å². The van der Waals surface area contributed by atoms with E-state index in [1.165, 1.54) is 13.0 Å². The molecule has 0 unspecified atom stereocenters. The highest BCUT2D eigenvalue weighted by Crippen LogP contribution is 2.25. The van der Waals surface area contributed by atoms with Crippen LogP contribution in [0.5, 0.6) is 0 Å². The van der Waals surface area contributed by atoms with E-state index in [4.69, 9.17) is 11.6 Å². The molecular formula is C16H19ClN2O3S2. The highest BCUT2D eigenvalue weighted by atomic mass is 35.5. The van der Waals surface area contributed by atoms with Crippen LogP contribution in [-0.4, -0.2) is 32.3 Å². The van der Waals surface area contributed by atoms with Gasteiger partial charge >= 0.3 is 0 Å². The summed E-state index contributed by atoms with van der Waals surface area (Å²) in [6.07, 6.45) is 0. The Bertz CT molecular complexity index is 801. The molecule has 5 nitrogen and oxygen atoms in total. The molecule has 24 heavy (non-hydrogen) atoms. The fourth-order valence-electron chi connectivity index (χ4n) is 2.09. The molecule has 2 aromatic rings. The van der Waals surface area contributed by atoms with Crippen molar-refractivity contribution in [2.24, 2.45) is 0 Å². The smallest absolute Gasteiger partial charge is 0.250 e. The third kappa shape index (κ3) is 5.31. The minimum atomic E-state index is -3.59. The van der Waals surface area contributed by atoms with Gasteiger partial charge in [0.2, 0.25) is 15.9 Å². The normalized spacial score (nSPS) is 11.5. The van der Waals surface area contributed by atoms with Crippen LogP contribution in [0.1, 0.15) is 18.1 Å². The first-order valence-corrected chi connectivity index (χ1v) is 10.0. The molecule has 1 aromatic heterocycles. The molecule has 1 heterocycles. The number of sulfonamides is 1.